The highest BCUT2D eigenvalue weighted by Crippen LogP contribution is 2.28. The summed E-state index contributed by atoms with van der Waals surface area (Å²) in [7, 11) is 1.47. The number of methoxy groups -OCH3 is 1. The van der Waals surface area contributed by atoms with Crippen molar-refractivity contribution in [2.75, 3.05) is 19.0 Å². The third-order valence-corrected chi connectivity index (χ3v) is 3.87. The maximum atomic E-state index is 12.0. The molecule has 6 heteroatoms. The lowest BCUT2D eigenvalue weighted by Crippen LogP contribution is -2.25. The Hall–Kier alpha value is -3.54. The topological polar surface area (TPSA) is 83.0 Å². The number of nitrogens with one attached hydrogen (secondary N) is 2. The molecular formula is C20H19N3O3. The van der Waals surface area contributed by atoms with Crippen molar-refractivity contribution in [2.45, 2.75) is 0 Å². The number of carbonyl (C=O) groups excluding carboxylic acids is 1. The first-order valence-electron chi connectivity index (χ1n) is 8.08. The number of nitrogens with zero attached hydrogens (tertiary/aromatic N) is 1. The van der Waals surface area contributed by atoms with E-state index < -0.39 is 0 Å². The lowest BCUT2D eigenvalue weighted by molar-refractivity contribution is -0.119. The highest BCUT2D eigenvalue weighted by molar-refractivity contribution is 5.95. The number of anilines is 1. The first-order valence-corrected chi connectivity index (χ1v) is 8.08. The molecule has 0 aliphatic rings. The molecule has 3 N–H and O–H groups in total. The van der Waals surface area contributed by atoms with Crippen LogP contribution < -0.4 is 15.5 Å². The van der Waals surface area contributed by atoms with Crippen LogP contribution in [0, 0.1) is 0 Å². The minimum Gasteiger partial charge on any atom is -0.504 e. The summed E-state index contributed by atoms with van der Waals surface area (Å²) in [5.74, 6) is 0.0244. The van der Waals surface area contributed by atoms with Crippen LogP contribution in [-0.2, 0) is 4.79 Å². The normalized spacial score (nSPS) is 10.8. The molecular weight excluding hydrogens is 330 g/mol. The van der Waals surface area contributed by atoms with E-state index in [9.17, 15) is 9.90 Å². The Morgan fingerprint density at radius 3 is 2.73 bits per heavy atom. The van der Waals surface area contributed by atoms with Gasteiger partial charge in [-0.1, -0.05) is 42.5 Å². The van der Waals surface area contributed by atoms with Crippen LogP contribution in [0.15, 0.2) is 65.8 Å². The molecule has 1 amide bonds. The minimum absolute atomic E-state index is 0.0260. The van der Waals surface area contributed by atoms with Gasteiger partial charge in [0.25, 0.3) is 5.91 Å². The fourth-order valence-electron chi connectivity index (χ4n) is 2.58. The summed E-state index contributed by atoms with van der Waals surface area (Å²) in [5, 5.41) is 19.1. The Morgan fingerprint density at radius 2 is 1.88 bits per heavy atom. The third-order valence-electron chi connectivity index (χ3n) is 3.87. The van der Waals surface area contributed by atoms with E-state index in [2.05, 4.69) is 15.8 Å². The molecule has 0 heterocycles. The van der Waals surface area contributed by atoms with E-state index in [1.165, 1.54) is 13.3 Å². The lowest BCUT2D eigenvalue weighted by Gasteiger charge is -2.09. The highest BCUT2D eigenvalue weighted by Gasteiger charge is 2.06. The van der Waals surface area contributed by atoms with Gasteiger partial charge in [0.2, 0.25) is 0 Å². The van der Waals surface area contributed by atoms with Crippen molar-refractivity contribution in [2.24, 2.45) is 5.10 Å². The van der Waals surface area contributed by atoms with E-state index in [0.29, 0.717) is 11.3 Å². The van der Waals surface area contributed by atoms with Crippen molar-refractivity contribution < 1.29 is 14.6 Å². The maximum absolute atomic E-state index is 12.0. The Labute approximate surface area is 151 Å². The molecule has 0 radical (unpaired) electrons. The predicted octanol–water partition coefficient (Wildman–Crippen LogP) is 3.12. The Bertz CT molecular complexity index is 949. The van der Waals surface area contributed by atoms with Gasteiger partial charge in [-0.25, -0.2) is 5.43 Å². The van der Waals surface area contributed by atoms with Crippen molar-refractivity contribution >= 4 is 28.6 Å². The van der Waals surface area contributed by atoms with Gasteiger partial charge in [-0.2, -0.15) is 5.10 Å². The van der Waals surface area contributed by atoms with Crippen molar-refractivity contribution in [3.63, 3.8) is 0 Å². The molecule has 0 atom stereocenters. The minimum atomic E-state index is -0.295. The van der Waals surface area contributed by atoms with Gasteiger partial charge in [-0.3, -0.25) is 4.79 Å². The molecule has 3 aromatic carbocycles. The second-order valence-corrected chi connectivity index (χ2v) is 5.57. The number of ether oxygens (including phenoxy) is 1. The van der Waals surface area contributed by atoms with Crippen LogP contribution in [0.1, 0.15) is 5.56 Å². The van der Waals surface area contributed by atoms with Gasteiger partial charge in [0, 0.05) is 16.6 Å². The van der Waals surface area contributed by atoms with Crippen LogP contribution in [0.3, 0.4) is 0 Å². The van der Waals surface area contributed by atoms with Gasteiger partial charge in [0.1, 0.15) is 0 Å². The Kier molecular flexibility index (Phi) is 5.34. The van der Waals surface area contributed by atoms with E-state index in [1.807, 2.05) is 42.5 Å². The number of phenolic OH excluding ortho intramolecular Hbond substituents is 1. The van der Waals surface area contributed by atoms with E-state index in [4.69, 9.17) is 4.74 Å². The molecule has 132 valence electrons. The average molecular weight is 349 g/mol. The molecule has 0 bridgehead atoms. The number of hydrogen-bond acceptors (Lipinski definition) is 5. The van der Waals surface area contributed by atoms with Crippen molar-refractivity contribution in [1.82, 2.24) is 5.43 Å². The molecule has 0 spiro atoms. The Morgan fingerprint density at radius 1 is 1.12 bits per heavy atom. The number of amides is 1. The number of para-hydroxylation sites is 1. The van der Waals surface area contributed by atoms with Gasteiger partial charge in [0.15, 0.2) is 11.5 Å². The number of hydrazone groups is 1. The van der Waals surface area contributed by atoms with Crippen molar-refractivity contribution in [3.8, 4) is 11.5 Å². The fourth-order valence-corrected chi connectivity index (χ4v) is 2.58. The van der Waals surface area contributed by atoms with Gasteiger partial charge in [-0.05, 0) is 23.6 Å². The SMILES string of the molecule is COc1cccc(/C=N/NC(=O)CNc2cccc3ccccc23)c1O. The number of rotatable bonds is 6. The number of carbonyl (C=O) groups is 1. The zero-order valence-corrected chi connectivity index (χ0v) is 14.3. The summed E-state index contributed by atoms with van der Waals surface area (Å²) in [6, 6.07) is 18.9. The summed E-state index contributed by atoms with van der Waals surface area (Å²) >= 11 is 0. The molecule has 3 rings (SSSR count). The van der Waals surface area contributed by atoms with Crippen molar-refractivity contribution in [3.05, 3.63) is 66.2 Å². The largest absolute Gasteiger partial charge is 0.504 e. The van der Waals surface area contributed by atoms with Crippen LogP contribution in [0.5, 0.6) is 11.5 Å². The van der Waals surface area contributed by atoms with E-state index in [1.54, 1.807) is 18.2 Å². The zero-order chi connectivity index (χ0) is 18.4. The molecule has 0 aliphatic carbocycles. The zero-order valence-electron chi connectivity index (χ0n) is 14.3. The monoisotopic (exact) mass is 349 g/mol. The number of fused-ring (bicyclic) bond motifs is 1. The summed E-state index contributed by atoms with van der Waals surface area (Å²) in [5.41, 5.74) is 3.76. The first kappa shape index (κ1) is 17.3. The average Bonchev–Trinajstić information content (AvgIpc) is 2.67. The first-order chi connectivity index (χ1) is 12.7. The maximum Gasteiger partial charge on any atom is 0.259 e. The summed E-state index contributed by atoms with van der Waals surface area (Å²) in [4.78, 5) is 12.0. The molecule has 0 fully saturated rings. The molecule has 0 aliphatic heterocycles. The molecule has 3 aromatic rings. The van der Waals surface area contributed by atoms with E-state index in [-0.39, 0.29) is 18.2 Å². The second-order valence-electron chi connectivity index (χ2n) is 5.57. The van der Waals surface area contributed by atoms with E-state index >= 15 is 0 Å². The third kappa shape index (κ3) is 3.92. The quantitative estimate of drug-likeness (QED) is 0.472. The fraction of sp³-hybridized carbons (Fsp3) is 0.100. The molecule has 26 heavy (non-hydrogen) atoms. The van der Waals surface area contributed by atoms with Gasteiger partial charge >= 0.3 is 0 Å². The van der Waals surface area contributed by atoms with Crippen LogP contribution in [-0.4, -0.2) is 30.9 Å². The van der Waals surface area contributed by atoms with Gasteiger partial charge < -0.3 is 15.2 Å². The molecule has 0 saturated carbocycles. The molecule has 6 nitrogen and oxygen atoms in total. The van der Waals surface area contributed by atoms with Crippen LogP contribution in [0.2, 0.25) is 0 Å². The molecule has 0 aromatic heterocycles. The second kappa shape index (κ2) is 8.02. The van der Waals surface area contributed by atoms with Crippen LogP contribution in [0.25, 0.3) is 10.8 Å². The van der Waals surface area contributed by atoms with Crippen LogP contribution >= 0.6 is 0 Å². The van der Waals surface area contributed by atoms with Crippen molar-refractivity contribution in [1.29, 1.82) is 0 Å². The predicted molar refractivity (Wildman–Crippen MR) is 103 cm³/mol. The lowest BCUT2D eigenvalue weighted by atomic mass is 10.1. The summed E-state index contributed by atoms with van der Waals surface area (Å²) in [6.07, 6.45) is 1.37. The number of phenols is 1. The smallest absolute Gasteiger partial charge is 0.259 e. The van der Waals surface area contributed by atoms with E-state index in [0.717, 1.165) is 16.5 Å². The highest BCUT2D eigenvalue weighted by atomic mass is 16.5. The number of aromatic hydroxyl groups is 1. The Balaban J connectivity index is 1.59. The number of benzene rings is 3. The van der Waals surface area contributed by atoms with Gasteiger partial charge in [0.05, 0.1) is 19.9 Å². The van der Waals surface area contributed by atoms with Crippen LogP contribution in [0.4, 0.5) is 5.69 Å². The molecule has 0 saturated heterocycles. The van der Waals surface area contributed by atoms with Gasteiger partial charge in [-0.15, -0.1) is 0 Å². The summed E-state index contributed by atoms with van der Waals surface area (Å²) in [6.45, 7) is 0.0788. The standard InChI is InChI=1S/C20H19N3O3/c1-26-18-11-5-8-15(20(18)25)12-22-23-19(24)13-21-17-10-4-7-14-6-2-3-9-16(14)17/h2-12,21,25H,13H2,1H3,(H,23,24)/b22-12+. The number of hydrogen-bond donors (Lipinski definition) is 3. The molecule has 0 unspecified atom stereocenters. The summed E-state index contributed by atoms with van der Waals surface area (Å²) < 4.78 is 5.03.